The minimum Gasteiger partial charge on any atom is -0.465 e. The zero-order valence-corrected chi connectivity index (χ0v) is 18.2. The van der Waals surface area contributed by atoms with Crippen molar-refractivity contribution >= 4 is 39.3 Å². The molecule has 0 fully saturated rings. The number of hydrogen-bond donors (Lipinski definition) is 2. The van der Waals surface area contributed by atoms with Gasteiger partial charge in [-0.15, -0.1) is 11.3 Å². The standard InChI is InChI=1S/C19H19N5O4S2/c1-9-10(2)30-18-14(9)17(26)20-13(21-18)8-29-5-4-24-6-11-15(22-23-16(11)25)12(7-24)19(27)28-3/h6-7H,4-5,8H2,1-3H3,(H,23,25)(H,20,21,26). The Morgan fingerprint density at radius 2 is 2.07 bits per heavy atom. The van der Waals surface area contributed by atoms with Crippen molar-refractivity contribution < 1.29 is 9.53 Å². The van der Waals surface area contributed by atoms with Gasteiger partial charge in [-0.2, -0.15) is 16.9 Å². The maximum atomic E-state index is 12.4. The van der Waals surface area contributed by atoms with E-state index in [1.807, 2.05) is 13.8 Å². The van der Waals surface area contributed by atoms with Gasteiger partial charge in [0.25, 0.3) is 11.1 Å². The summed E-state index contributed by atoms with van der Waals surface area (Å²) in [5.41, 5.74) is 1.39. The maximum absolute atomic E-state index is 12.4. The summed E-state index contributed by atoms with van der Waals surface area (Å²) in [6, 6.07) is 0. The van der Waals surface area contributed by atoms with Crippen LogP contribution in [0.3, 0.4) is 0 Å². The van der Waals surface area contributed by atoms with E-state index in [1.165, 1.54) is 18.4 Å². The molecule has 30 heavy (non-hydrogen) atoms. The van der Waals surface area contributed by atoms with Gasteiger partial charge in [-0.05, 0) is 19.4 Å². The molecule has 11 heteroatoms. The quantitative estimate of drug-likeness (QED) is 0.345. The second kappa shape index (κ2) is 8.07. The molecule has 0 saturated carbocycles. The number of nitrogens with one attached hydrogen (secondary N) is 2. The molecule has 0 amide bonds. The van der Waals surface area contributed by atoms with E-state index in [1.54, 1.807) is 28.7 Å². The van der Waals surface area contributed by atoms with E-state index >= 15 is 0 Å². The Balaban J connectivity index is 1.48. The maximum Gasteiger partial charge on any atom is 0.341 e. The fourth-order valence-corrected chi connectivity index (χ4v) is 5.05. The molecule has 0 saturated heterocycles. The highest BCUT2D eigenvalue weighted by Gasteiger charge is 2.21. The molecule has 2 aromatic heterocycles. The number of aromatic nitrogens is 5. The fraction of sp³-hybridized carbons (Fsp3) is 0.316. The average Bonchev–Trinajstić information content (AvgIpc) is 3.23. The van der Waals surface area contributed by atoms with E-state index in [4.69, 9.17) is 4.74 Å². The smallest absolute Gasteiger partial charge is 0.341 e. The lowest BCUT2D eigenvalue weighted by atomic mass is 10.1. The van der Waals surface area contributed by atoms with Crippen molar-refractivity contribution in [3.63, 3.8) is 0 Å². The third kappa shape index (κ3) is 3.65. The van der Waals surface area contributed by atoms with Crippen LogP contribution in [0.25, 0.3) is 21.5 Å². The molecule has 0 unspecified atom stereocenters. The van der Waals surface area contributed by atoms with Gasteiger partial charge in [-0.3, -0.25) is 9.59 Å². The summed E-state index contributed by atoms with van der Waals surface area (Å²) >= 11 is 3.12. The van der Waals surface area contributed by atoms with Crippen molar-refractivity contribution in [3.8, 4) is 11.3 Å². The first kappa shape index (κ1) is 20.4. The van der Waals surface area contributed by atoms with Crippen LogP contribution in [0.5, 0.6) is 0 Å². The molecule has 0 spiro atoms. The normalized spacial score (nSPS) is 11.4. The number of thiophene rings is 1. The molecule has 2 aliphatic rings. The Morgan fingerprint density at radius 3 is 2.83 bits per heavy atom. The SMILES string of the molecule is COC(=O)c1cn(CCSCc2nc3sc(C)c(C)c3c(=O)[nH]2)cc2c(=O)[nH]nc1-2. The summed E-state index contributed by atoms with van der Waals surface area (Å²) < 4.78 is 6.56. The zero-order chi connectivity index (χ0) is 21.4. The first-order chi connectivity index (χ1) is 14.4. The van der Waals surface area contributed by atoms with Crippen molar-refractivity contribution in [1.29, 1.82) is 0 Å². The lowest BCUT2D eigenvalue weighted by molar-refractivity contribution is 0.0600. The highest BCUT2D eigenvalue weighted by Crippen LogP contribution is 2.26. The number of nitrogens with zero attached hydrogens (tertiary/aromatic N) is 3. The van der Waals surface area contributed by atoms with Crippen molar-refractivity contribution in [2.45, 2.75) is 26.1 Å². The molecule has 2 N–H and O–H groups in total. The Hall–Kier alpha value is -2.92. The van der Waals surface area contributed by atoms with Crippen LogP contribution in [0.4, 0.5) is 0 Å². The van der Waals surface area contributed by atoms with E-state index in [0.29, 0.717) is 40.5 Å². The minimum atomic E-state index is -0.551. The van der Waals surface area contributed by atoms with Gasteiger partial charge in [0.15, 0.2) is 0 Å². The number of aryl methyl sites for hydroxylation is 3. The monoisotopic (exact) mass is 445 g/mol. The summed E-state index contributed by atoms with van der Waals surface area (Å²) in [5.74, 6) is 1.32. The molecule has 4 heterocycles. The van der Waals surface area contributed by atoms with Gasteiger partial charge >= 0.3 is 5.97 Å². The number of aromatic amines is 2. The number of fused-ring (bicyclic) bond motifs is 2. The molecule has 0 aliphatic carbocycles. The number of carbonyl (C=O) groups is 1. The number of esters is 1. The predicted molar refractivity (Wildman–Crippen MR) is 117 cm³/mol. The third-order valence-corrected chi connectivity index (χ3v) is 6.89. The van der Waals surface area contributed by atoms with E-state index in [0.717, 1.165) is 15.3 Å². The van der Waals surface area contributed by atoms with Crippen LogP contribution in [0.2, 0.25) is 0 Å². The molecule has 2 aliphatic heterocycles. The molecule has 2 aromatic rings. The van der Waals surface area contributed by atoms with Crippen molar-refractivity contribution in [2.24, 2.45) is 0 Å². The average molecular weight is 446 g/mol. The number of methoxy groups -OCH3 is 1. The molecular formula is C19H19N5O4S2. The Morgan fingerprint density at radius 1 is 1.27 bits per heavy atom. The summed E-state index contributed by atoms with van der Waals surface area (Å²) in [4.78, 5) is 45.6. The lowest BCUT2D eigenvalue weighted by Crippen LogP contribution is -2.13. The first-order valence-corrected chi connectivity index (χ1v) is 11.1. The van der Waals surface area contributed by atoms with Crippen molar-refractivity contribution in [2.75, 3.05) is 12.9 Å². The second-order valence-electron chi connectivity index (χ2n) is 6.74. The number of ether oxygens (including phenoxy) is 1. The van der Waals surface area contributed by atoms with E-state index in [9.17, 15) is 14.4 Å². The van der Waals surface area contributed by atoms with Crippen LogP contribution in [0, 0.1) is 13.8 Å². The van der Waals surface area contributed by atoms with Crippen LogP contribution in [-0.4, -0.2) is 43.6 Å². The third-order valence-electron chi connectivity index (χ3n) is 4.84. The summed E-state index contributed by atoms with van der Waals surface area (Å²) in [6.45, 7) is 4.47. The molecule has 4 rings (SSSR count). The van der Waals surface area contributed by atoms with E-state index in [-0.39, 0.29) is 16.7 Å². The lowest BCUT2D eigenvalue weighted by Gasteiger charge is -2.11. The van der Waals surface area contributed by atoms with Gasteiger partial charge in [-0.25, -0.2) is 14.9 Å². The number of H-pyrrole nitrogens is 2. The van der Waals surface area contributed by atoms with Crippen LogP contribution in [-0.2, 0) is 17.0 Å². The van der Waals surface area contributed by atoms with Crippen LogP contribution in [0.15, 0.2) is 22.0 Å². The molecule has 0 atom stereocenters. The summed E-state index contributed by atoms with van der Waals surface area (Å²) in [6.07, 6.45) is 3.29. The molecule has 0 bridgehead atoms. The molecule has 156 valence electrons. The minimum absolute atomic E-state index is 0.108. The fourth-order valence-electron chi connectivity index (χ4n) is 3.18. The zero-order valence-electron chi connectivity index (χ0n) is 16.6. The molecule has 9 nitrogen and oxygen atoms in total. The number of thioether (sulfide) groups is 1. The summed E-state index contributed by atoms with van der Waals surface area (Å²) in [7, 11) is 1.29. The highest BCUT2D eigenvalue weighted by molar-refractivity contribution is 7.98. The molecule has 0 radical (unpaired) electrons. The van der Waals surface area contributed by atoms with Gasteiger partial charge in [0.05, 0.1) is 23.8 Å². The van der Waals surface area contributed by atoms with E-state index in [2.05, 4.69) is 20.2 Å². The molecular weight excluding hydrogens is 426 g/mol. The van der Waals surface area contributed by atoms with Crippen molar-refractivity contribution in [3.05, 3.63) is 54.9 Å². The molecule has 0 aromatic carbocycles. The van der Waals surface area contributed by atoms with Gasteiger partial charge in [0.1, 0.15) is 21.9 Å². The van der Waals surface area contributed by atoms with Crippen LogP contribution < -0.4 is 11.1 Å². The topological polar surface area (TPSA) is 123 Å². The van der Waals surface area contributed by atoms with Gasteiger partial charge in [0.2, 0.25) is 0 Å². The van der Waals surface area contributed by atoms with Gasteiger partial charge < -0.3 is 14.3 Å². The number of hydrogen-bond acceptors (Lipinski definition) is 8. The second-order valence-corrected chi connectivity index (χ2v) is 9.05. The van der Waals surface area contributed by atoms with Crippen LogP contribution in [0.1, 0.15) is 26.6 Å². The van der Waals surface area contributed by atoms with Crippen molar-refractivity contribution in [1.82, 2.24) is 24.7 Å². The Kier molecular flexibility index (Phi) is 5.48. The number of rotatable bonds is 6. The van der Waals surface area contributed by atoms with Gasteiger partial charge in [0, 0.05) is 29.6 Å². The highest BCUT2D eigenvalue weighted by atomic mass is 32.2. The summed E-state index contributed by atoms with van der Waals surface area (Å²) in [5, 5.41) is 6.94. The van der Waals surface area contributed by atoms with E-state index < -0.39 is 5.97 Å². The Bertz CT molecular complexity index is 1330. The Labute approximate surface area is 178 Å². The van der Waals surface area contributed by atoms with Gasteiger partial charge in [-0.1, -0.05) is 0 Å². The predicted octanol–water partition coefficient (Wildman–Crippen LogP) is 2.31. The first-order valence-electron chi connectivity index (χ1n) is 9.12. The van der Waals surface area contributed by atoms with Crippen LogP contribution >= 0.6 is 23.1 Å². The number of pyridine rings is 1. The number of carbonyl (C=O) groups excluding carboxylic acids is 1. The largest absolute Gasteiger partial charge is 0.465 e.